The Labute approximate surface area is 456 Å². The van der Waals surface area contributed by atoms with Crippen molar-refractivity contribution < 1.29 is 13.9 Å². The first-order valence-corrected chi connectivity index (χ1v) is 29.8. The van der Waals surface area contributed by atoms with Crippen LogP contribution in [0, 0.1) is 0 Å². The summed E-state index contributed by atoms with van der Waals surface area (Å²) in [6.07, 6.45) is 15.7. The SMILES string of the molecule is CN1C(=CC=Cc2[se]c3ccccc3[n+]2COC[n+]2c(C=CC=C3N(C)c4ccc5ccc(Br)cc5c4C3(C)Cc3ccccc3)[se]c3ccccc32)C(C)(Cc2ccccc2)c2c1ccc1ccc(Br)cc21. The molecule has 2 aliphatic rings. The van der Waals surface area contributed by atoms with Gasteiger partial charge in [0.1, 0.15) is 0 Å². The van der Waals surface area contributed by atoms with Gasteiger partial charge in [-0.1, -0.05) is 0 Å². The van der Waals surface area contributed by atoms with E-state index in [1.165, 1.54) is 95.3 Å². The van der Waals surface area contributed by atoms with Crippen molar-refractivity contribution in [3.8, 4) is 0 Å². The number of benzene rings is 8. The number of hydrogen-bond acceptors (Lipinski definition) is 3. The number of nitrogens with zero attached hydrogens (tertiary/aromatic N) is 4. The molecule has 0 saturated heterocycles. The molecule has 0 saturated carbocycles. The summed E-state index contributed by atoms with van der Waals surface area (Å²) < 4.78 is 19.2. The molecule has 10 aromatic rings. The van der Waals surface area contributed by atoms with Crippen molar-refractivity contribution in [2.24, 2.45) is 0 Å². The number of anilines is 2. The van der Waals surface area contributed by atoms with Gasteiger partial charge < -0.3 is 0 Å². The number of hydrogen-bond donors (Lipinski definition) is 0. The summed E-state index contributed by atoms with van der Waals surface area (Å²) in [7, 11) is 4.46. The third-order valence-electron chi connectivity index (χ3n) is 15.1. The molecule has 0 N–H and O–H groups in total. The van der Waals surface area contributed by atoms with Crippen molar-refractivity contribution in [3.63, 3.8) is 0 Å². The first-order chi connectivity index (χ1) is 35.6. The molecule has 2 aliphatic heterocycles. The van der Waals surface area contributed by atoms with Crippen LogP contribution >= 0.6 is 31.9 Å². The predicted molar refractivity (Wildman–Crippen MR) is 313 cm³/mol. The number of likely N-dealkylation sites (N-methyl/N-ethyl adjacent to an activating group) is 2. The second-order valence-corrected chi connectivity index (χ2v) is 26.0. The monoisotopic (exact) mass is 1210 g/mol. The summed E-state index contributed by atoms with van der Waals surface area (Å²) in [6, 6.07) is 62.0. The van der Waals surface area contributed by atoms with E-state index in [4.69, 9.17) is 4.74 Å². The normalized spacial score (nSPS) is 18.8. The van der Waals surface area contributed by atoms with Gasteiger partial charge in [0.05, 0.1) is 0 Å². The fraction of sp³-hybridized carbons (Fsp3) is 0.156. The fourth-order valence-corrected chi connectivity index (χ4v) is 17.0. The Kier molecular flexibility index (Phi) is 13.0. The maximum atomic E-state index is 6.86. The molecule has 2 aromatic heterocycles. The van der Waals surface area contributed by atoms with Gasteiger partial charge in [0.2, 0.25) is 0 Å². The quantitative estimate of drug-likeness (QED) is 0.0900. The molecule has 9 heteroatoms. The summed E-state index contributed by atoms with van der Waals surface area (Å²) in [5.41, 5.74) is 12.5. The topological polar surface area (TPSA) is 23.5 Å². The Morgan fingerprint density at radius 3 is 1.34 bits per heavy atom. The average molecular weight is 1210 g/mol. The molecule has 0 fully saturated rings. The van der Waals surface area contributed by atoms with Crippen LogP contribution in [0.15, 0.2) is 215 Å². The molecule has 0 radical (unpaired) electrons. The van der Waals surface area contributed by atoms with Crippen LogP contribution in [0.5, 0.6) is 0 Å². The van der Waals surface area contributed by atoms with Gasteiger partial charge >= 0.3 is 460 Å². The molecule has 2 atom stereocenters. The Bertz CT molecular complexity index is 3640. The number of halogens is 2. The summed E-state index contributed by atoms with van der Waals surface area (Å²) in [6.45, 7) is 5.75. The van der Waals surface area contributed by atoms with Crippen LogP contribution < -0.4 is 18.9 Å². The first kappa shape index (κ1) is 48.1. The van der Waals surface area contributed by atoms with Gasteiger partial charge in [0.25, 0.3) is 0 Å². The van der Waals surface area contributed by atoms with Gasteiger partial charge in [0, 0.05) is 0 Å². The Morgan fingerprint density at radius 2 is 0.904 bits per heavy atom. The van der Waals surface area contributed by atoms with E-state index in [1.54, 1.807) is 0 Å². The molecule has 73 heavy (non-hydrogen) atoms. The van der Waals surface area contributed by atoms with Gasteiger partial charge in [-0.15, -0.1) is 0 Å². The van der Waals surface area contributed by atoms with Crippen LogP contribution in [-0.2, 0) is 41.9 Å². The minimum absolute atomic E-state index is 0.122. The number of ether oxygens (including phenoxy) is 1. The van der Waals surface area contributed by atoms with E-state index in [-0.39, 0.29) is 39.8 Å². The molecule has 4 heterocycles. The molecule has 0 bridgehead atoms. The second kappa shape index (κ2) is 19.8. The molecule has 12 rings (SSSR count). The third-order valence-corrected chi connectivity index (χ3v) is 20.8. The third kappa shape index (κ3) is 8.77. The Morgan fingerprint density at radius 1 is 0.507 bits per heavy atom. The second-order valence-electron chi connectivity index (χ2n) is 19.7. The summed E-state index contributed by atoms with van der Waals surface area (Å²) >= 11 is 7.85. The number of rotatable bonds is 12. The molecule has 2 unspecified atom stereocenters. The van der Waals surface area contributed by atoms with Crippen LogP contribution in [0.2, 0.25) is 0 Å². The van der Waals surface area contributed by atoms with E-state index < -0.39 is 0 Å². The van der Waals surface area contributed by atoms with Gasteiger partial charge in [-0.05, 0) is 0 Å². The van der Waals surface area contributed by atoms with Crippen LogP contribution in [0.3, 0.4) is 0 Å². The van der Waals surface area contributed by atoms with E-state index in [1.807, 2.05) is 0 Å². The van der Waals surface area contributed by atoms with Crippen molar-refractivity contribution in [3.05, 3.63) is 246 Å². The zero-order valence-corrected chi connectivity index (χ0v) is 47.8. The van der Waals surface area contributed by atoms with Crippen molar-refractivity contribution in [1.29, 1.82) is 0 Å². The van der Waals surface area contributed by atoms with Crippen molar-refractivity contribution in [2.45, 2.75) is 51.0 Å². The molecule has 0 aliphatic carbocycles. The first-order valence-electron chi connectivity index (χ1n) is 24.8. The Balaban J connectivity index is 0.854. The van der Waals surface area contributed by atoms with Crippen molar-refractivity contribution >= 4 is 125 Å². The minimum atomic E-state index is -0.258. The summed E-state index contributed by atoms with van der Waals surface area (Å²) in [5.74, 6) is 0. The number of allylic oxidation sites excluding steroid dienone is 6. The van der Waals surface area contributed by atoms with Gasteiger partial charge in [-0.2, -0.15) is 0 Å². The molecule has 0 spiro atoms. The zero-order valence-electron chi connectivity index (χ0n) is 41.2. The number of fused-ring (bicyclic) bond motifs is 8. The van der Waals surface area contributed by atoms with Crippen LogP contribution in [-0.4, -0.2) is 43.1 Å². The molecule has 8 aromatic carbocycles. The zero-order chi connectivity index (χ0) is 49.8. The molecular formula is C64H54Br2N4OSe2+2. The molecule has 360 valence electrons. The van der Waals surface area contributed by atoms with Gasteiger partial charge in [-0.3, -0.25) is 0 Å². The fourth-order valence-electron chi connectivity index (χ4n) is 11.8. The van der Waals surface area contributed by atoms with E-state index in [0.717, 1.165) is 21.8 Å². The van der Waals surface area contributed by atoms with Crippen LogP contribution in [0.4, 0.5) is 11.4 Å². The van der Waals surface area contributed by atoms with Crippen LogP contribution in [0.25, 0.3) is 53.3 Å². The maximum absolute atomic E-state index is 6.86. The molecule has 0 amide bonds. The van der Waals surface area contributed by atoms with Gasteiger partial charge in [0.15, 0.2) is 0 Å². The van der Waals surface area contributed by atoms with Gasteiger partial charge in [-0.25, -0.2) is 0 Å². The van der Waals surface area contributed by atoms with Crippen molar-refractivity contribution in [1.82, 2.24) is 0 Å². The number of para-hydroxylation sites is 2. The van der Waals surface area contributed by atoms with E-state index in [0.29, 0.717) is 13.5 Å². The van der Waals surface area contributed by atoms with Crippen LogP contribution in [0.1, 0.15) is 45.2 Å². The number of aromatic nitrogens is 2. The van der Waals surface area contributed by atoms with E-state index in [2.05, 4.69) is 285 Å². The predicted octanol–water partition coefficient (Wildman–Crippen LogP) is 14.2. The Hall–Kier alpha value is -5.86. The molecular weight excluding hydrogens is 1160 g/mol. The summed E-state index contributed by atoms with van der Waals surface area (Å²) in [5, 5.41) is 5.11. The van der Waals surface area contributed by atoms with E-state index in [9.17, 15) is 0 Å². The standard InChI is InChI=1S/C64H54Br2N4OSe2/c1-63(39-43-17-7-5-8-18-43)57(67(3)53-35-31-45-29-33-47(65)37-49(45)61(53)63)25-15-27-59-69(51-21-11-13-23-55(51)72-59)41-71-42-70-52-22-12-14-24-56(52)73-60(70)28-16-26-58-64(2,40-44-19-9-6-10-20-44)62-50-38-48(66)34-30-46(50)32-36-54(62)68(58)4/h5-38H,39-42H2,1-4H3/q+2. The summed E-state index contributed by atoms with van der Waals surface area (Å²) in [4.78, 5) is 4.82. The van der Waals surface area contributed by atoms with Crippen molar-refractivity contribution in [2.75, 3.05) is 23.9 Å². The molecule has 5 nitrogen and oxygen atoms in total. The average Bonchev–Trinajstić information content (AvgIpc) is 4.06. The van der Waals surface area contributed by atoms with E-state index >= 15 is 0 Å².